The second kappa shape index (κ2) is 8.09. The maximum absolute atomic E-state index is 12.9. The molecule has 1 aliphatic rings. The predicted molar refractivity (Wildman–Crippen MR) is 101 cm³/mol. The lowest BCUT2D eigenvalue weighted by atomic mass is 10.3. The largest absolute Gasteiger partial charge is 0.378 e. The van der Waals surface area contributed by atoms with Crippen molar-refractivity contribution in [3.05, 3.63) is 42.2 Å². The zero-order valence-electron chi connectivity index (χ0n) is 14.1. The minimum atomic E-state index is -0.0624. The van der Waals surface area contributed by atoms with Crippen molar-refractivity contribution in [1.29, 1.82) is 0 Å². The van der Waals surface area contributed by atoms with Gasteiger partial charge in [-0.1, -0.05) is 18.2 Å². The number of hydrogen-bond acceptors (Lipinski definition) is 4. The molecule has 1 aromatic carbocycles. The predicted octanol–water partition coefficient (Wildman–Crippen LogP) is 2.18. The van der Waals surface area contributed by atoms with Crippen molar-refractivity contribution in [2.45, 2.75) is 13.5 Å². The highest BCUT2D eigenvalue weighted by molar-refractivity contribution is 7.80. The monoisotopic (exact) mass is 359 g/mol. The van der Waals surface area contributed by atoms with Crippen LogP contribution in [0.15, 0.2) is 36.5 Å². The molecular weight excluding hydrogens is 338 g/mol. The number of nitrogens with one attached hydrogen (secondary N) is 2. The van der Waals surface area contributed by atoms with Crippen molar-refractivity contribution in [2.75, 3.05) is 36.9 Å². The first-order valence-electron chi connectivity index (χ1n) is 8.25. The summed E-state index contributed by atoms with van der Waals surface area (Å²) in [5, 5.41) is 10.9. The third kappa shape index (κ3) is 4.15. The average molecular weight is 359 g/mol. The van der Waals surface area contributed by atoms with Crippen molar-refractivity contribution in [2.24, 2.45) is 0 Å². The third-order valence-corrected chi connectivity index (χ3v) is 4.12. The van der Waals surface area contributed by atoms with E-state index >= 15 is 0 Å². The fourth-order valence-electron chi connectivity index (χ4n) is 2.66. The smallest absolute Gasteiger partial charge is 0.274 e. The van der Waals surface area contributed by atoms with Gasteiger partial charge in [0.2, 0.25) is 0 Å². The molecule has 0 bridgehead atoms. The molecule has 1 saturated heterocycles. The Hall–Kier alpha value is -2.45. The number of para-hydroxylation sites is 1. The minimum absolute atomic E-state index is 0.0624. The Morgan fingerprint density at radius 1 is 1.24 bits per heavy atom. The lowest BCUT2D eigenvalue weighted by Gasteiger charge is -2.27. The SMILES string of the molecule is CCn1ncc(NC(=S)Nc2ccccc2)c1C(=O)N1CCOCC1. The minimum Gasteiger partial charge on any atom is -0.378 e. The highest BCUT2D eigenvalue weighted by Crippen LogP contribution is 2.19. The molecule has 0 unspecified atom stereocenters. The van der Waals surface area contributed by atoms with Crippen LogP contribution in [-0.4, -0.2) is 52.0 Å². The second-order valence-electron chi connectivity index (χ2n) is 5.57. The van der Waals surface area contributed by atoms with Gasteiger partial charge in [0, 0.05) is 25.3 Å². The van der Waals surface area contributed by atoms with Gasteiger partial charge in [-0.15, -0.1) is 0 Å². The summed E-state index contributed by atoms with van der Waals surface area (Å²) < 4.78 is 7.01. The summed E-state index contributed by atoms with van der Waals surface area (Å²) in [6.45, 7) is 4.84. The normalized spacial score (nSPS) is 14.2. The van der Waals surface area contributed by atoms with Crippen LogP contribution >= 0.6 is 12.2 Å². The molecule has 1 aromatic heterocycles. The number of carbonyl (C=O) groups excluding carboxylic acids is 1. The van der Waals surface area contributed by atoms with Gasteiger partial charge in [0.1, 0.15) is 5.69 Å². The highest BCUT2D eigenvalue weighted by Gasteiger charge is 2.25. The van der Waals surface area contributed by atoms with E-state index in [0.29, 0.717) is 49.3 Å². The van der Waals surface area contributed by atoms with E-state index in [1.165, 1.54) is 0 Å². The molecule has 2 N–H and O–H groups in total. The molecule has 8 heteroatoms. The van der Waals surface area contributed by atoms with Crippen LogP contribution in [-0.2, 0) is 11.3 Å². The summed E-state index contributed by atoms with van der Waals surface area (Å²) >= 11 is 5.36. The van der Waals surface area contributed by atoms with E-state index in [2.05, 4.69) is 15.7 Å². The molecule has 7 nitrogen and oxygen atoms in total. The zero-order chi connectivity index (χ0) is 17.6. The van der Waals surface area contributed by atoms with Gasteiger partial charge in [-0.25, -0.2) is 0 Å². The van der Waals surface area contributed by atoms with E-state index in [-0.39, 0.29) is 5.91 Å². The fraction of sp³-hybridized carbons (Fsp3) is 0.353. The number of ether oxygens (including phenoxy) is 1. The van der Waals surface area contributed by atoms with Crippen molar-refractivity contribution in [3.63, 3.8) is 0 Å². The Bertz CT molecular complexity index is 741. The van der Waals surface area contributed by atoms with Gasteiger partial charge in [-0.2, -0.15) is 5.10 Å². The molecule has 1 aliphatic heterocycles. The molecule has 1 fully saturated rings. The summed E-state index contributed by atoms with van der Waals surface area (Å²) in [5.41, 5.74) is 2.00. The van der Waals surface area contributed by atoms with Crippen LogP contribution in [0.25, 0.3) is 0 Å². The maximum Gasteiger partial charge on any atom is 0.274 e. The first-order valence-corrected chi connectivity index (χ1v) is 8.65. The van der Waals surface area contributed by atoms with Gasteiger partial charge >= 0.3 is 0 Å². The summed E-state index contributed by atoms with van der Waals surface area (Å²) in [6, 6.07) is 9.62. The van der Waals surface area contributed by atoms with Gasteiger partial charge in [-0.3, -0.25) is 9.48 Å². The summed E-state index contributed by atoms with van der Waals surface area (Å²) in [7, 11) is 0. The van der Waals surface area contributed by atoms with E-state index < -0.39 is 0 Å². The summed E-state index contributed by atoms with van der Waals surface area (Å²) in [6.07, 6.45) is 1.64. The number of hydrogen-bond donors (Lipinski definition) is 2. The molecule has 1 amide bonds. The number of rotatable bonds is 4. The Kier molecular flexibility index (Phi) is 5.62. The van der Waals surface area contributed by atoms with Crippen LogP contribution in [0.5, 0.6) is 0 Å². The van der Waals surface area contributed by atoms with Gasteiger partial charge in [-0.05, 0) is 31.3 Å². The van der Waals surface area contributed by atoms with Crippen molar-refractivity contribution in [1.82, 2.24) is 14.7 Å². The van der Waals surface area contributed by atoms with E-state index in [0.717, 1.165) is 5.69 Å². The van der Waals surface area contributed by atoms with Crippen LogP contribution in [0.2, 0.25) is 0 Å². The molecular formula is C17H21N5O2S. The first-order chi connectivity index (χ1) is 12.2. The van der Waals surface area contributed by atoms with E-state index in [1.54, 1.807) is 15.8 Å². The number of thiocarbonyl (C=S) groups is 1. The van der Waals surface area contributed by atoms with Gasteiger partial charge < -0.3 is 20.3 Å². The number of aryl methyl sites for hydroxylation is 1. The van der Waals surface area contributed by atoms with Crippen LogP contribution in [0.3, 0.4) is 0 Å². The highest BCUT2D eigenvalue weighted by atomic mass is 32.1. The standard InChI is InChI=1S/C17H21N5O2S/c1-2-22-15(16(23)21-8-10-24-11-9-21)14(12-18-22)20-17(25)19-13-6-4-3-5-7-13/h3-7,12H,2,8-11H2,1H3,(H2,19,20,25). The van der Waals surface area contributed by atoms with Gasteiger partial charge in [0.15, 0.2) is 5.11 Å². The lowest BCUT2D eigenvalue weighted by Crippen LogP contribution is -2.41. The molecule has 0 spiro atoms. The third-order valence-electron chi connectivity index (χ3n) is 3.92. The van der Waals surface area contributed by atoms with E-state index in [4.69, 9.17) is 17.0 Å². The number of anilines is 2. The average Bonchev–Trinajstić information content (AvgIpc) is 3.05. The molecule has 2 aromatic rings. The number of benzene rings is 1. The molecule has 0 atom stereocenters. The molecule has 3 rings (SSSR count). The van der Waals surface area contributed by atoms with E-state index in [1.807, 2.05) is 37.3 Å². The zero-order valence-corrected chi connectivity index (χ0v) is 14.9. The van der Waals surface area contributed by atoms with Crippen LogP contribution in [0.1, 0.15) is 17.4 Å². The number of aromatic nitrogens is 2. The Labute approximate surface area is 152 Å². The summed E-state index contributed by atoms with van der Waals surface area (Å²) in [5.74, 6) is -0.0624. The number of amides is 1. The molecule has 0 saturated carbocycles. The second-order valence-corrected chi connectivity index (χ2v) is 5.98. The van der Waals surface area contributed by atoms with Crippen LogP contribution < -0.4 is 10.6 Å². The quantitative estimate of drug-likeness (QED) is 0.816. The first kappa shape index (κ1) is 17.4. The summed E-state index contributed by atoms with van der Waals surface area (Å²) in [4.78, 5) is 14.7. The Morgan fingerprint density at radius 3 is 2.64 bits per heavy atom. The molecule has 132 valence electrons. The van der Waals surface area contributed by atoms with E-state index in [9.17, 15) is 4.79 Å². The van der Waals surface area contributed by atoms with Crippen LogP contribution in [0.4, 0.5) is 11.4 Å². The van der Waals surface area contributed by atoms with Crippen molar-refractivity contribution in [3.8, 4) is 0 Å². The lowest BCUT2D eigenvalue weighted by molar-refractivity contribution is 0.0295. The molecule has 0 radical (unpaired) electrons. The fourth-order valence-corrected chi connectivity index (χ4v) is 2.89. The molecule has 0 aliphatic carbocycles. The topological polar surface area (TPSA) is 71.4 Å². The van der Waals surface area contributed by atoms with Crippen molar-refractivity contribution < 1.29 is 9.53 Å². The molecule has 25 heavy (non-hydrogen) atoms. The number of carbonyl (C=O) groups is 1. The molecule has 2 heterocycles. The van der Waals surface area contributed by atoms with Gasteiger partial charge in [0.25, 0.3) is 5.91 Å². The number of morpholine rings is 1. The van der Waals surface area contributed by atoms with Gasteiger partial charge in [0.05, 0.1) is 25.1 Å². The number of nitrogens with zero attached hydrogens (tertiary/aromatic N) is 3. The Morgan fingerprint density at radius 2 is 1.96 bits per heavy atom. The maximum atomic E-state index is 12.9. The van der Waals surface area contributed by atoms with Crippen LogP contribution in [0, 0.1) is 0 Å². The Balaban J connectivity index is 1.76. The van der Waals surface area contributed by atoms with Crippen molar-refractivity contribution >= 4 is 34.6 Å².